The number of carbonyl (C=O) groups is 1. The number of fused-ring (bicyclic) bond motifs is 3. The molecule has 3 rings (SSSR count). The van der Waals surface area contributed by atoms with E-state index in [0.717, 1.165) is 22.3 Å². The zero-order chi connectivity index (χ0) is 23.3. The Labute approximate surface area is 192 Å². The molecule has 0 radical (unpaired) electrons. The minimum atomic E-state index is -0.359. The Morgan fingerprint density at radius 3 is 2.50 bits per heavy atom. The Bertz CT molecular complexity index is 1060. The number of hydrogen-bond donors (Lipinski definition) is 1. The van der Waals surface area contributed by atoms with E-state index in [1.165, 1.54) is 11.8 Å². The first-order valence-corrected chi connectivity index (χ1v) is 11.6. The van der Waals surface area contributed by atoms with Crippen LogP contribution < -0.4 is 25.0 Å². The lowest BCUT2D eigenvalue weighted by Crippen LogP contribution is -2.32. The van der Waals surface area contributed by atoms with E-state index in [0.29, 0.717) is 41.6 Å². The zero-order valence-corrected chi connectivity index (χ0v) is 19.9. The van der Waals surface area contributed by atoms with Crippen molar-refractivity contribution in [3.8, 4) is 28.4 Å². The normalized spacial score (nSPS) is 14.6. The predicted octanol–water partition coefficient (Wildman–Crippen LogP) is 3.60. The summed E-state index contributed by atoms with van der Waals surface area (Å²) in [6.07, 6.45) is 3.12. The summed E-state index contributed by atoms with van der Waals surface area (Å²) in [5, 5.41) is 3.05. The van der Waals surface area contributed by atoms with E-state index in [1.807, 2.05) is 31.4 Å². The lowest BCUT2D eigenvalue weighted by Gasteiger charge is -2.20. The van der Waals surface area contributed by atoms with Gasteiger partial charge in [-0.05, 0) is 60.9 Å². The highest BCUT2D eigenvalue weighted by Gasteiger charge is 2.29. The molecule has 0 spiro atoms. The first-order chi connectivity index (χ1) is 15.5. The molecule has 0 fully saturated rings. The molecule has 0 aliphatic heterocycles. The molecular weight excluding hydrogens is 430 g/mol. The topological polar surface area (TPSA) is 83.1 Å². The van der Waals surface area contributed by atoms with Gasteiger partial charge in [-0.2, -0.15) is 0 Å². The lowest BCUT2D eigenvalue weighted by atomic mass is 9.95. The summed E-state index contributed by atoms with van der Waals surface area (Å²) in [6.45, 7) is 2.26. The highest BCUT2D eigenvalue weighted by molar-refractivity contribution is 7.98. The fourth-order valence-electron chi connectivity index (χ4n) is 4.05. The molecular formula is C24H29NO6S. The summed E-state index contributed by atoms with van der Waals surface area (Å²) in [6, 6.07) is 6.93. The fraction of sp³-hybridized carbons (Fsp3) is 0.417. The van der Waals surface area contributed by atoms with Crippen LogP contribution in [0.2, 0.25) is 0 Å². The van der Waals surface area contributed by atoms with Crippen LogP contribution in [-0.2, 0) is 16.0 Å². The van der Waals surface area contributed by atoms with E-state index in [9.17, 15) is 9.59 Å². The van der Waals surface area contributed by atoms with Gasteiger partial charge in [0, 0.05) is 12.2 Å². The summed E-state index contributed by atoms with van der Waals surface area (Å²) in [5.74, 6) is 1.37. The number of amides is 1. The van der Waals surface area contributed by atoms with Crippen molar-refractivity contribution in [3.05, 3.63) is 45.6 Å². The van der Waals surface area contributed by atoms with Crippen LogP contribution in [0, 0.1) is 0 Å². The smallest absolute Gasteiger partial charge is 0.246 e. The van der Waals surface area contributed by atoms with Crippen molar-refractivity contribution >= 4 is 17.7 Å². The van der Waals surface area contributed by atoms with E-state index in [1.54, 1.807) is 27.4 Å². The van der Waals surface area contributed by atoms with Gasteiger partial charge in [-0.3, -0.25) is 9.59 Å². The molecule has 0 aromatic heterocycles. The zero-order valence-electron chi connectivity index (χ0n) is 19.1. The maximum atomic E-state index is 12.9. The number of rotatable bonds is 8. The number of ether oxygens (including phenoxy) is 4. The third kappa shape index (κ3) is 4.71. The average molecular weight is 460 g/mol. The molecule has 172 valence electrons. The van der Waals surface area contributed by atoms with E-state index in [-0.39, 0.29) is 24.0 Å². The van der Waals surface area contributed by atoms with Gasteiger partial charge in [0.25, 0.3) is 0 Å². The van der Waals surface area contributed by atoms with E-state index in [4.69, 9.17) is 18.9 Å². The number of methoxy groups -OCH3 is 3. The molecule has 2 aromatic carbocycles. The quantitative estimate of drug-likeness (QED) is 0.604. The molecule has 1 N–H and O–H groups in total. The fourth-order valence-corrected chi connectivity index (χ4v) is 4.51. The SMILES string of the molecule is CCOCC(=O)N[C@H]1CCc2cc(OC)c(OC)c(OC)c2-c2ccc(SC)c(=O)cc21. The van der Waals surface area contributed by atoms with Crippen molar-refractivity contribution in [3.63, 3.8) is 0 Å². The highest BCUT2D eigenvalue weighted by Crippen LogP contribution is 2.50. The van der Waals surface area contributed by atoms with Crippen LogP contribution in [0.15, 0.2) is 34.0 Å². The second kappa shape index (κ2) is 10.7. The first kappa shape index (κ1) is 23.9. The number of carbonyl (C=O) groups excluding carboxylic acids is 1. The van der Waals surface area contributed by atoms with Gasteiger partial charge in [0.1, 0.15) is 6.61 Å². The largest absolute Gasteiger partial charge is 0.493 e. The van der Waals surface area contributed by atoms with Crippen LogP contribution in [0.1, 0.15) is 30.5 Å². The number of aryl methyl sites for hydroxylation is 1. The maximum Gasteiger partial charge on any atom is 0.246 e. The maximum absolute atomic E-state index is 12.9. The third-order valence-electron chi connectivity index (χ3n) is 5.49. The number of thioether (sulfide) groups is 1. The molecule has 8 heteroatoms. The van der Waals surface area contributed by atoms with Crippen molar-refractivity contribution in [1.29, 1.82) is 0 Å². The van der Waals surface area contributed by atoms with Crippen molar-refractivity contribution in [2.45, 2.75) is 30.7 Å². The van der Waals surface area contributed by atoms with Gasteiger partial charge >= 0.3 is 0 Å². The molecule has 1 aliphatic carbocycles. The van der Waals surface area contributed by atoms with Crippen molar-refractivity contribution in [1.82, 2.24) is 5.32 Å². The first-order valence-electron chi connectivity index (χ1n) is 10.4. The second-order valence-corrected chi connectivity index (χ2v) is 8.10. The van der Waals surface area contributed by atoms with Gasteiger partial charge in [-0.25, -0.2) is 0 Å². The molecule has 0 unspecified atom stereocenters. The molecule has 0 saturated carbocycles. The van der Waals surface area contributed by atoms with Crippen LogP contribution in [0.3, 0.4) is 0 Å². The number of nitrogens with one attached hydrogen (secondary N) is 1. The van der Waals surface area contributed by atoms with Crippen molar-refractivity contribution in [2.24, 2.45) is 0 Å². The minimum Gasteiger partial charge on any atom is -0.493 e. The third-order valence-corrected chi connectivity index (χ3v) is 6.27. The van der Waals surface area contributed by atoms with Crippen LogP contribution in [0.4, 0.5) is 0 Å². The highest BCUT2D eigenvalue weighted by atomic mass is 32.2. The monoisotopic (exact) mass is 459 g/mol. The molecule has 1 atom stereocenters. The molecule has 7 nitrogen and oxygen atoms in total. The number of hydrogen-bond acceptors (Lipinski definition) is 7. The summed E-state index contributed by atoms with van der Waals surface area (Å²) < 4.78 is 22.2. The minimum absolute atomic E-state index is 0.0283. The summed E-state index contributed by atoms with van der Waals surface area (Å²) >= 11 is 1.39. The Morgan fingerprint density at radius 1 is 1.12 bits per heavy atom. The van der Waals surface area contributed by atoms with Gasteiger partial charge in [-0.15, -0.1) is 11.8 Å². The average Bonchev–Trinajstić information content (AvgIpc) is 3.04. The summed E-state index contributed by atoms with van der Waals surface area (Å²) in [7, 11) is 4.73. The second-order valence-electron chi connectivity index (χ2n) is 7.25. The Balaban J connectivity index is 2.28. The molecule has 1 aliphatic rings. The summed E-state index contributed by atoms with van der Waals surface area (Å²) in [5.41, 5.74) is 3.29. The van der Waals surface area contributed by atoms with Crippen molar-refractivity contribution < 1.29 is 23.7 Å². The standard InChI is InChI=1S/C24H29NO6S/c1-6-31-13-21(27)25-17-9-7-14-11-19(28-2)23(29-3)24(30-4)22(14)15-8-10-20(32-5)18(26)12-16(15)17/h8,10-12,17H,6-7,9,13H2,1-5H3,(H,25,27)/t17-/m0/s1. The Morgan fingerprint density at radius 2 is 1.88 bits per heavy atom. The molecule has 1 amide bonds. The molecule has 2 aromatic rings. The van der Waals surface area contributed by atoms with E-state index in [2.05, 4.69) is 5.32 Å². The van der Waals surface area contributed by atoms with Crippen LogP contribution in [0.25, 0.3) is 11.1 Å². The van der Waals surface area contributed by atoms with Crippen molar-refractivity contribution in [2.75, 3.05) is 40.8 Å². The van der Waals surface area contributed by atoms with Gasteiger partial charge in [0.2, 0.25) is 11.7 Å². The molecule has 0 saturated heterocycles. The van der Waals surface area contributed by atoms with Gasteiger partial charge < -0.3 is 24.3 Å². The van der Waals surface area contributed by atoms with E-state index >= 15 is 0 Å². The Kier molecular flexibility index (Phi) is 8.04. The molecule has 0 heterocycles. The van der Waals surface area contributed by atoms with Crippen LogP contribution >= 0.6 is 11.8 Å². The number of benzene rings is 1. The van der Waals surface area contributed by atoms with Gasteiger partial charge in [0.05, 0.1) is 32.3 Å². The van der Waals surface area contributed by atoms with Gasteiger partial charge in [0.15, 0.2) is 16.9 Å². The molecule has 32 heavy (non-hydrogen) atoms. The predicted molar refractivity (Wildman–Crippen MR) is 125 cm³/mol. The van der Waals surface area contributed by atoms with E-state index < -0.39 is 0 Å². The van der Waals surface area contributed by atoms with Crippen LogP contribution in [-0.4, -0.2) is 46.7 Å². The van der Waals surface area contributed by atoms with Gasteiger partial charge in [-0.1, -0.05) is 6.07 Å². The Hall–Kier alpha value is -2.71. The molecule has 0 bridgehead atoms. The van der Waals surface area contributed by atoms with Crippen LogP contribution in [0.5, 0.6) is 17.2 Å². The summed E-state index contributed by atoms with van der Waals surface area (Å²) in [4.78, 5) is 26.0. The lowest BCUT2D eigenvalue weighted by molar-refractivity contribution is -0.126.